The molecular formula is C22H28FN5O2. The molecule has 3 amide bonds. The Morgan fingerprint density at radius 3 is 2.47 bits per heavy atom. The zero-order chi connectivity index (χ0) is 21.7. The number of nitrogens with zero attached hydrogens (tertiary/aromatic N) is 3. The number of anilines is 2. The van der Waals surface area contributed by atoms with E-state index >= 15 is 4.39 Å². The van der Waals surface area contributed by atoms with E-state index in [-0.39, 0.29) is 17.6 Å². The quantitative estimate of drug-likeness (QED) is 0.782. The van der Waals surface area contributed by atoms with Crippen molar-refractivity contribution in [1.29, 1.82) is 0 Å². The van der Waals surface area contributed by atoms with Crippen molar-refractivity contribution in [3.8, 4) is 0 Å². The molecule has 2 heterocycles. The third kappa shape index (κ3) is 5.13. The normalized spacial score (nSPS) is 15.5. The number of hydrogen-bond donors (Lipinski definition) is 2. The number of rotatable bonds is 5. The van der Waals surface area contributed by atoms with Gasteiger partial charge in [0.15, 0.2) is 5.82 Å². The summed E-state index contributed by atoms with van der Waals surface area (Å²) in [5.41, 5.74) is 2.05. The summed E-state index contributed by atoms with van der Waals surface area (Å²) in [6.07, 6.45) is 2.27. The highest BCUT2D eigenvalue weighted by Crippen LogP contribution is 2.30. The third-order valence-electron chi connectivity index (χ3n) is 5.39. The predicted molar refractivity (Wildman–Crippen MR) is 115 cm³/mol. The molecule has 3 rings (SSSR count). The highest BCUT2D eigenvalue weighted by molar-refractivity contribution is 5.99. The number of amides is 3. The number of aromatic nitrogens is 1. The molecule has 1 aromatic carbocycles. The number of halogens is 1. The number of hydrogen-bond acceptors (Lipinski definition) is 4. The van der Waals surface area contributed by atoms with Gasteiger partial charge in [-0.1, -0.05) is 19.1 Å². The van der Waals surface area contributed by atoms with Gasteiger partial charge < -0.3 is 15.5 Å². The Labute approximate surface area is 176 Å². The standard InChI is InChI=1S/C22H28FN5O2/c1-4-20(28-12-10-27(11-13-28)16(3)29)18-6-5-7-19(21(18)23)26-22(30)25-17-9-8-15(2)24-14-17/h5-9,14,20H,4,10-13H2,1-3H3,(H2,25,26,30). The largest absolute Gasteiger partial charge is 0.340 e. The number of carbonyl (C=O) groups is 2. The van der Waals surface area contributed by atoms with Crippen molar-refractivity contribution < 1.29 is 14.0 Å². The molecule has 0 aliphatic carbocycles. The number of aryl methyl sites for hydroxylation is 1. The van der Waals surface area contributed by atoms with Crippen LogP contribution in [0.5, 0.6) is 0 Å². The highest BCUT2D eigenvalue weighted by Gasteiger charge is 2.27. The minimum Gasteiger partial charge on any atom is -0.340 e. The van der Waals surface area contributed by atoms with Crippen molar-refractivity contribution in [1.82, 2.24) is 14.8 Å². The monoisotopic (exact) mass is 413 g/mol. The Morgan fingerprint density at radius 1 is 1.13 bits per heavy atom. The maximum atomic E-state index is 15.3. The summed E-state index contributed by atoms with van der Waals surface area (Å²) in [4.78, 5) is 32.0. The molecule has 0 bridgehead atoms. The maximum absolute atomic E-state index is 15.3. The van der Waals surface area contributed by atoms with Gasteiger partial charge in [0.25, 0.3) is 0 Å². The Morgan fingerprint density at radius 2 is 1.87 bits per heavy atom. The summed E-state index contributed by atoms with van der Waals surface area (Å²) >= 11 is 0. The molecule has 7 nitrogen and oxygen atoms in total. The van der Waals surface area contributed by atoms with Gasteiger partial charge in [0.05, 0.1) is 17.6 Å². The molecule has 8 heteroatoms. The molecule has 2 N–H and O–H groups in total. The summed E-state index contributed by atoms with van der Waals surface area (Å²) in [6.45, 7) is 8.09. The lowest BCUT2D eigenvalue weighted by Gasteiger charge is -2.39. The molecule has 1 atom stereocenters. The first-order chi connectivity index (χ1) is 14.4. The van der Waals surface area contributed by atoms with Crippen LogP contribution in [0.25, 0.3) is 0 Å². The Kier molecular flexibility index (Phi) is 6.99. The van der Waals surface area contributed by atoms with Gasteiger partial charge in [-0.2, -0.15) is 0 Å². The topological polar surface area (TPSA) is 77.6 Å². The molecule has 0 spiro atoms. The van der Waals surface area contributed by atoms with E-state index < -0.39 is 11.8 Å². The summed E-state index contributed by atoms with van der Waals surface area (Å²) in [6, 6.07) is 7.93. The summed E-state index contributed by atoms with van der Waals surface area (Å²) in [5.74, 6) is -0.370. The van der Waals surface area contributed by atoms with Gasteiger partial charge in [0, 0.05) is 50.4 Å². The first kappa shape index (κ1) is 21.7. The lowest BCUT2D eigenvalue weighted by atomic mass is 10.00. The SMILES string of the molecule is CCC(c1cccc(NC(=O)Nc2ccc(C)nc2)c1F)N1CCN(C(C)=O)CC1. The number of piperazine rings is 1. The number of pyridine rings is 1. The first-order valence-electron chi connectivity index (χ1n) is 10.2. The van der Waals surface area contributed by atoms with Crippen molar-refractivity contribution in [2.45, 2.75) is 33.2 Å². The van der Waals surface area contributed by atoms with Crippen LogP contribution in [0, 0.1) is 12.7 Å². The average Bonchev–Trinajstić information content (AvgIpc) is 2.73. The zero-order valence-electron chi connectivity index (χ0n) is 17.6. The van der Waals surface area contributed by atoms with Gasteiger partial charge in [-0.15, -0.1) is 0 Å². The fourth-order valence-corrected chi connectivity index (χ4v) is 3.75. The Balaban J connectivity index is 1.70. The molecule has 1 unspecified atom stereocenters. The fraction of sp³-hybridized carbons (Fsp3) is 0.409. The van der Waals surface area contributed by atoms with E-state index in [2.05, 4.69) is 20.5 Å². The molecule has 30 heavy (non-hydrogen) atoms. The van der Waals surface area contributed by atoms with Gasteiger partial charge in [0.2, 0.25) is 5.91 Å². The average molecular weight is 413 g/mol. The molecule has 160 valence electrons. The van der Waals surface area contributed by atoms with Crippen LogP contribution in [0.1, 0.15) is 37.6 Å². The van der Waals surface area contributed by atoms with Crippen LogP contribution in [0.3, 0.4) is 0 Å². The Bertz CT molecular complexity index is 895. The van der Waals surface area contributed by atoms with Gasteiger partial charge >= 0.3 is 6.03 Å². The second-order valence-corrected chi connectivity index (χ2v) is 7.44. The fourth-order valence-electron chi connectivity index (χ4n) is 3.75. The van der Waals surface area contributed by atoms with Crippen LogP contribution in [-0.4, -0.2) is 52.9 Å². The van der Waals surface area contributed by atoms with Gasteiger partial charge in [0.1, 0.15) is 0 Å². The molecule has 1 aromatic heterocycles. The van der Waals surface area contributed by atoms with Crippen LogP contribution >= 0.6 is 0 Å². The Hall–Kier alpha value is -3.00. The minimum absolute atomic E-state index is 0.0647. The zero-order valence-corrected chi connectivity index (χ0v) is 17.6. The first-order valence-corrected chi connectivity index (χ1v) is 10.2. The van der Waals surface area contributed by atoms with Gasteiger partial charge in [-0.05, 0) is 31.5 Å². The van der Waals surface area contributed by atoms with E-state index in [1.54, 1.807) is 43.5 Å². The minimum atomic E-state index is -0.528. The predicted octanol–water partition coefficient (Wildman–Crippen LogP) is 3.79. The maximum Gasteiger partial charge on any atom is 0.323 e. The van der Waals surface area contributed by atoms with Crippen molar-refractivity contribution in [3.05, 3.63) is 53.6 Å². The molecule has 1 aliphatic heterocycles. The highest BCUT2D eigenvalue weighted by atomic mass is 19.1. The van der Waals surface area contributed by atoms with Gasteiger partial charge in [-0.25, -0.2) is 9.18 Å². The number of nitrogens with one attached hydrogen (secondary N) is 2. The number of urea groups is 1. The number of carbonyl (C=O) groups excluding carboxylic acids is 2. The van der Waals surface area contributed by atoms with E-state index in [4.69, 9.17) is 0 Å². The van der Waals surface area contributed by atoms with Gasteiger partial charge in [-0.3, -0.25) is 14.7 Å². The van der Waals surface area contributed by atoms with Crippen molar-refractivity contribution in [3.63, 3.8) is 0 Å². The van der Waals surface area contributed by atoms with E-state index in [9.17, 15) is 9.59 Å². The number of benzene rings is 1. The molecule has 0 saturated carbocycles. The van der Waals surface area contributed by atoms with Crippen LogP contribution in [0.4, 0.5) is 20.6 Å². The lowest BCUT2D eigenvalue weighted by Crippen LogP contribution is -2.49. The summed E-state index contributed by atoms with van der Waals surface area (Å²) < 4.78 is 15.3. The molecule has 1 aliphatic rings. The van der Waals surface area contributed by atoms with Crippen LogP contribution in [-0.2, 0) is 4.79 Å². The van der Waals surface area contributed by atoms with E-state index in [1.807, 2.05) is 18.7 Å². The third-order valence-corrected chi connectivity index (χ3v) is 5.39. The summed E-state index contributed by atoms with van der Waals surface area (Å²) in [5, 5.41) is 5.25. The lowest BCUT2D eigenvalue weighted by molar-refractivity contribution is -0.130. The molecule has 1 fully saturated rings. The summed E-state index contributed by atoms with van der Waals surface area (Å²) in [7, 11) is 0. The van der Waals surface area contributed by atoms with Crippen LogP contribution in [0.15, 0.2) is 36.5 Å². The second-order valence-electron chi connectivity index (χ2n) is 7.44. The van der Waals surface area contributed by atoms with Crippen LogP contribution < -0.4 is 10.6 Å². The van der Waals surface area contributed by atoms with E-state index in [1.165, 1.54) is 0 Å². The van der Waals surface area contributed by atoms with Crippen molar-refractivity contribution in [2.24, 2.45) is 0 Å². The van der Waals surface area contributed by atoms with E-state index in [0.29, 0.717) is 37.4 Å². The molecule has 2 aromatic rings. The molecule has 0 radical (unpaired) electrons. The second kappa shape index (κ2) is 9.67. The molecular weight excluding hydrogens is 385 g/mol. The van der Waals surface area contributed by atoms with E-state index in [0.717, 1.165) is 12.1 Å². The van der Waals surface area contributed by atoms with Crippen molar-refractivity contribution in [2.75, 3.05) is 36.8 Å². The van der Waals surface area contributed by atoms with Crippen molar-refractivity contribution >= 4 is 23.3 Å². The molecule has 1 saturated heterocycles. The van der Waals surface area contributed by atoms with Crippen LogP contribution in [0.2, 0.25) is 0 Å². The smallest absolute Gasteiger partial charge is 0.323 e.